The normalized spacial score (nSPS) is 30.4. The summed E-state index contributed by atoms with van der Waals surface area (Å²) in [5.74, 6) is -0.341. The number of nitrogens with zero attached hydrogens (tertiary/aromatic N) is 1. The number of nitrogens with one attached hydrogen (secondary N) is 1. The van der Waals surface area contributed by atoms with Gasteiger partial charge in [-0.15, -0.1) is 0 Å². The van der Waals surface area contributed by atoms with E-state index in [9.17, 15) is 4.79 Å². The van der Waals surface area contributed by atoms with Crippen molar-refractivity contribution in [3.8, 4) is 0 Å². The molecule has 0 amide bonds. The molecule has 0 bridgehead atoms. The van der Waals surface area contributed by atoms with E-state index in [1.165, 1.54) is 32.1 Å². The van der Waals surface area contributed by atoms with Crippen molar-refractivity contribution < 1.29 is 9.90 Å². The highest BCUT2D eigenvalue weighted by Crippen LogP contribution is 2.23. The summed E-state index contributed by atoms with van der Waals surface area (Å²) in [5.41, 5.74) is 0. The summed E-state index contributed by atoms with van der Waals surface area (Å²) in [6, 6.07) is 1.15. The van der Waals surface area contributed by atoms with Gasteiger partial charge < -0.3 is 15.3 Å². The maximum absolute atomic E-state index is 10.9. The van der Waals surface area contributed by atoms with E-state index < -0.39 is 5.97 Å². The van der Waals surface area contributed by atoms with E-state index in [0.717, 1.165) is 26.1 Å². The second kappa shape index (κ2) is 7.25. The Labute approximate surface area is 116 Å². The third kappa shape index (κ3) is 4.77. The summed E-state index contributed by atoms with van der Waals surface area (Å²) in [6.45, 7) is 5.23. The first-order valence-corrected chi connectivity index (χ1v) is 7.87. The minimum Gasteiger partial charge on any atom is -0.481 e. The molecule has 0 radical (unpaired) electrons. The molecule has 1 saturated carbocycles. The summed E-state index contributed by atoms with van der Waals surface area (Å²) < 4.78 is 0. The van der Waals surface area contributed by atoms with E-state index >= 15 is 0 Å². The summed E-state index contributed by atoms with van der Waals surface area (Å²) in [7, 11) is 0. The molecule has 2 rings (SSSR count). The fourth-order valence-corrected chi connectivity index (χ4v) is 3.68. The molecule has 2 N–H and O–H groups in total. The summed E-state index contributed by atoms with van der Waals surface area (Å²) in [6.07, 6.45) is 8.02. The van der Waals surface area contributed by atoms with Crippen molar-refractivity contribution in [1.29, 1.82) is 0 Å². The molecule has 19 heavy (non-hydrogen) atoms. The average Bonchev–Trinajstić information content (AvgIpc) is 2.38. The van der Waals surface area contributed by atoms with Gasteiger partial charge in [0.25, 0.3) is 0 Å². The Hall–Kier alpha value is -0.610. The summed E-state index contributed by atoms with van der Waals surface area (Å²) in [5, 5.41) is 12.8. The highest BCUT2D eigenvalue weighted by Gasteiger charge is 2.29. The topological polar surface area (TPSA) is 52.6 Å². The number of carbonyl (C=O) groups is 1. The maximum Gasteiger partial charge on any atom is 0.303 e. The first-order valence-electron chi connectivity index (χ1n) is 7.87. The second-order valence-corrected chi connectivity index (χ2v) is 6.25. The van der Waals surface area contributed by atoms with Crippen LogP contribution in [0.4, 0.5) is 0 Å². The number of rotatable bonds is 5. The highest BCUT2D eigenvalue weighted by molar-refractivity contribution is 5.67. The van der Waals surface area contributed by atoms with Crippen molar-refractivity contribution in [2.24, 2.45) is 5.92 Å². The van der Waals surface area contributed by atoms with Crippen molar-refractivity contribution in [3.63, 3.8) is 0 Å². The van der Waals surface area contributed by atoms with E-state index in [4.69, 9.17) is 5.11 Å². The standard InChI is InChI=1S/C15H28N2O2/c1-2-17-10-12(9-15(18)19)8-14(11-17)16-13-6-4-3-5-7-13/h12-14,16H,2-11H2,1H3,(H,18,19). The molecule has 1 aliphatic carbocycles. The molecule has 0 aromatic rings. The second-order valence-electron chi connectivity index (χ2n) is 6.25. The Kier molecular flexibility index (Phi) is 5.64. The molecule has 1 aliphatic heterocycles. The van der Waals surface area contributed by atoms with Crippen LogP contribution in [0.25, 0.3) is 0 Å². The SMILES string of the molecule is CCN1CC(CC(=O)O)CC(NC2CCCCC2)C1. The van der Waals surface area contributed by atoms with E-state index in [1.54, 1.807) is 0 Å². The average molecular weight is 268 g/mol. The van der Waals surface area contributed by atoms with Crippen molar-refractivity contribution in [3.05, 3.63) is 0 Å². The number of hydrogen-bond donors (Lipinski definition) is 2. The van der Waals surface area contributed by atoms with Crippen LogP contribution < -0.4 is 5.32 Å². The molecule has 2 fully saturated rings. The van der Waals surface area contributed by atoms with Gasteiger partial charge in [0.1, 0.15) is 0 Å². The smallest absolute Gasteiger partial charge is 0.303 e. The Balaban J connectivity index is 1.85. The zero-order valence-electron chi connectivity index (χ0n) is 12.1. The van der Waals surface area contributed by atoms with Crippen LogP contribution in [0.1, 0.15) is 51.9 Å². The third-order valence-electron chi connectivity index (χ3n) is 4.60. The summed E-state index contributed by atoms with van der Waals surface area (Å²) >= 11 is 0. The van der Waals surface area contributed by atoms with Crippen molar-refractivity contribution in [2.75, 3.05) is 19.6 Å². The number of hydrogen-bond acceptors (Lipinski definition) is 3. The minimum absolute atomic E-state index is 0.312. The largest absolute Gasteiger partial charge is 0.481 e. The quantitative estimate of drug-likeness (QED) is 0.801. The van der Waals surface area contributed by atoms with Crippen LogP contribution in [-0.2, 0) is 4.79 Å². The van der Waals surface area contributed by atoms with Crippen LogP contribution in [0.2, 0.25) is 0 Å². The molecule has 2 unspecified atom stereocenters. The van der Waals surface area contributed by atoms with E-state index in [1.807, 2.05) is 0 Å². The van der Waals surface area contributed by atoms with Gasteiger partial charge in [0, 0.05) is 31.6 Å². The Morgan fingerprint density at radius 2 is 1.95 bits per heavy atom. The first kappa shape index (κ1) is 14.8. The lowest BCUT2D eigenvalue weighted by Gasteiger charge is -2.39. The number of carboxylic acid groups (broad SMARTS) is 1. The number of aliphatic carboxylic acids is 1. The molecule has 110 valence electrons. The third-order valence-corrected chi connectivity index (χ3v) is 4.60. The fraction of sp³-hybridized carbons (Fsp3) is 0.933. The van der Waals surface area contributed by atoms with Crippen molar-refractivity contribution in [2.45, 2.75) is 64.0 Å². The molecule has 2 atom stereocenters. The zero-order valence-corrected chi connectivity index (χ0v) is 12.1. The van der Waals surface area contributed by atoms with Crippen LogP contribution in [0, 0.1) is 5.92 Å². The molecular weight excluding hydrogens is 240 g/mol. The Morgan fingerprint density at radius 3 is 2.58 bits per heavy atom. The van der Waals surface area contributed by atoms with Crippen LogP contribution in [-0.4, -0.2) is 47.7 Å². The van der Waals surface area contributed by atoms with Gasteiger partial charge in [-0.05, 0) is 31.7 Å². The van der Waals surface area contributed by atoms with Gasteiger partial charge in [0.15, 0.2) is 0 Å². The molecule has 4 nitrogen and oxygen atoms in total. The molecule has 0 aromatic heterocycles. The van der Waals surface area contributed by atoms with E-state index in [2.05, 4.69) is 17.1 Å². The van der Waals surface area contributed by atoms with E-state index in [0.29, 0.717) is 24.4 Å². The minimum atomic E-state index is -0.653. The molecular formula is C15H28N2O2. The molecule has 0 aromatic carbocycles. The fourth-order valence-electron chi connectivity index (χ4n) is 3.68. The first-order chi connectivity index (χ1) is 9.17. The Morgan fingerprint density at radius 1 is 1.21 bits per heavy atom. The predicted molar refractivity (Wildman–Crippen MR) is 76.3 cm³/mol. The molecule has 4 heteroatoms. The van der Waals surface area contributed by atoms with Crippen molar-refractivity contribution in [1.82, 2.24) is 10.2 Å². The van der Waals surface area contributed by atoms with Crippen LogP contribution in [0.15, 0.2) is 0 Å². The number of likely N-dealkylation sites (tertiary alicyclic amines) is 1. The van der Waals surface area contributed by atoms with Gasteiger partial charge in [-0.2, -0.15) is 0 Å². The van der Waals surface area contributed by atoms with Crippen LogP contribution in [0.3, 0.4) is 0 Å². The molecule has 1 saturated heterocycles. The molecule has 0 spiro atoms. The molecule has 1 heterocycles. The number of carboxylic acids is 1. The van der Waals surface area contributed by atoms with Crippen LogP contribution >= 0.6 is 0 Å². The maximum atomic E-state index is 10.9. The number of piperidine rings is 1. The number of likely N-dealkylation sites (N-methyl/N-ethyl adjacent to an activating group) is 1. The Bertz CT molecular complexity index is 290. The van der Waals surface area contributed by atoms with Gasteiger partial charge in [-0.3, -0.25) is 4.79 Å². The van der Waals surface area contributed by atoms with Gasteiger partial charge in [-0.1, -0.05) is 26.2 Å². The van der Waals surface area contributed by atoms with Gasteiger partial charge >= 0.3 is 5.97 Å². The lowest BCUT2D eigenvalue weighted by atomic mass is 9.89. The summed E-state index contributed by atoms with van der Waals surface area (Å²) in [4.78, 5) is 13.3. The van der Waals surface area contributed by atoms with Crippen LogP contribution in [0.5, 0.6) is 0 Å². The van der Waals surface area contributed by atoms with Crippen molar-refractivity contribution >= 4 is 5.97 Å². The van der Waals surface area contributed by atoms with E-state index in [-0.39, 0.29) is 0 Å². The van der Waals surface area contributed by atoms with Gasteiger partial charge in [0.05, 0.1) is 0 Å². The van der Waals surface area contributed by atoms with Gasteiger partial charge in [-0.25, -0.2) is 0 Å². The zero-order chi connectivity index (χ0) is 13.7. The highest BCUT2D eigenvalue weighted by atomic mass is 16.4. The predicted octanol–water partition coefficient (Wildman–Crippen LogP) is 2.09. The van der Waals surface area contributed by atoms with Gasteiger partial charge in [0.2, 0.25) is 0 Å². The lowest BCUT2D eigenvalue weighted by Crippen LogP contribution is -2.52. The molecule has 2 aliphatic rings. The lowest BCUT2D eigenvalue weighted by molar-refractivity contribution is -0.138. The monoisotopic (exact) mass is 268 g/mol.